The predicted octanol–water partition coefficient (Wildman–Crippen LogP) is 1.96. The van der Waals surface area contributed by atoms with Gasteiger partial charge in [-0.15, -0.1) is 0 Å². The van der Waals surface area contributed by atoms with E-state index in [9.17, 15) is 4.79 Å². The molecule has 1 aliphatic rings. The molecule has 1 amide bonds. The molecule has 0 N–H and O–H groups in total. The minimum absolute atomic E-state index is 0.00609. The first-order valence-corrected chi connectivity index (χ1v) is 5.15. The Hall–Kier alpha value is -1.38. The lowest BCUT2D eigenvalue weighted by Crippen LogP contribution is -2.21. The van der Waals surface area contributed by atoms with Crippen LogP contribution < -0.4 is 0 Å². The highest BCUT2D eigenvalue weighted by molar-refractivity contribution is 5.99. The van der Waals surface area contributed by atoms with Gasteiger partial charge in [0, 0.05) is 13.2 Å². The van der Waals surface area contributed by atoms with E-state index in [1.165, 1.54) is 0 Å². The van der Waals surface area contributed by atoms with E-state index < -0.39 is 0 Å². The number of aromatic nitrogens is 1. The Morgan fingerprint density at radius 1 is 1.40 bits per heavy atom. The van der Waals surface area contributed by atoms with Crippen molar-refractivity contribution < 1.29 is 4.79 Å². The first kappa shape index (κ1) is 10.1. The summed E-state index contributed by atoms with van der Waals surface area (Å²) in [5.41, 5.74) is 2.82. The van der Waals surface area contributed by atoms with Crippen LogP contribution >= 0.6 is 0 Å². The molecule has 80 valence electrons. The van der Waals surface area contributed by atoms with E-state index >= 15 is 0 Å². The van der Waals surface area contributed by atoms with Gasteiger partial charge in [0.25, 0.3) is 5.91 Å². The van der Waals surface area contributed by atoms with Crippen molar-refractivity contribution in [1.82, 2.24) is 9.88 Å². The van der Waals surface area contributed by atoms with Gasteiger partial charge in [-0.2, -0.15) is 0 Å². The Balaban J connectivity index is 2.63. The van der Waals surface area contributed by atoms with Gasteiger partial charge in [0.1, 0.15) is 0 Å². The molecule has 0 radical (unpaired) electrons. The summed E-state index contributed by atoms with van der Waals surface area (Å²) in [5, 5.41) is 0. The molecule has 0 saturated carbocycles. The largest absolute Gasteiger partial charge is 0.336 e. The average Bonchev–Trinajstić information content (AvgIpc) is 2.41. The van der Waals surface area contributed by atoms with Crippen LogP contribution in [0.25, 0.3) is 0 Å². The highest BCUT2D eigenvalue weighted by Crippen LogP contribution is 2.31. The minimum atomic E-state index is -0.00609. The van der Waals surface area contributed by atoms with Crippen LogP contribution in [-0.4, -0.2) is 22.8 Å². The van der Waals surface area contributed by atoms with Crippen LogP contribution in [0, 0.1) is 0 Å². The molecule has 2 heterocycles. The zero-order valence-corrected chi connectivity index (χ0v) is 9.66. The quantitative estimate of drug-likeness (QED) is 0.647. The van der Waals surface area contributed by atoms with Crippen molar-refractivity contribution >= 4 is 5.91 Å². The Labute approximate surface area is 90.1 Å². The van der Waals surface area contributed by atoms with Gasteiger partial charge < -0.3 is 4.90 Å². The summed E-state index contributed by atoms with van der Waals surface area (Å²) in [6, 6.07) is 1.95. The van der Waals surface area contributed by atoms with Crippen LogP contribution in [0.3, 0.4) is 0 Å². The molecule has 1 aromatic rings. The first-order valence-electron chi connectivity index (χ1n) is 5.15. The van der Waals surface area contributed by atoms with E-state index in [1.807, 2.05) is 13.1 Å². The van der Waals surface area contributed by atoms with Crippen LogP contribution in [0.15, 0.2) is 12.3 Å². The Kier molecular flexibility index (Phi) is 2.07. The normalized spacial score (nSPS) is 15.7. The van der Waals surface area contributed by atoms with Gasteiger partial charge >= 0.3 is 0 Å². The standard InChI is InChI=1S/C12H16N2O/c1-12(2,3)8-5-6-13-9-7-14(4)11(15)10(8)9/h5-6H,7H2,1-4H3. The molecule has 0 bridgehead atoms. The number of hydrogen-bond donors (Lipinski definition) is 0. The maximum absolute atomic E-state index is 11.9. The van der Waals surface area contributed by atoms with E-state index in [0.717, 1.165) is 16.8 Å². The molecule has 1 aromatic heterocycles. The Morgan fingerprint density at radius 3 is 2.67 bits per heavy atom. The molecule has 15 heavy (non-hydrogen) atoms. The monoisotopic (exact) mass is 204 g/mol. The van der Waals surface area contributed by atoms with Crippen molar-refractivity contribution in [2.45, 2.75) is 32.7 Å². The zero-order valence-electron chi connectivity index (χ0n) is 9.66. The molecule has 0 fully saturated rings. The molecule has 3 heteroatoms. The molecule has 0 aliphatic carbocycles. The molecule has 0 aromatic carbocycles. The second kappa shape index (κ2) is 3.05. The van der Waals surface area contributed by atoms with E-state index in [4.69, 9.17) is 0 Å². The summed E-state index contributed by atoms with van der Waals surface area (Å²) in [5.74, 6) is 0.100. The number of amides is 1. The number of hydrogen-bond acceptors (Lipinski definition) is 2. The third-order valence-corrected chi connectivity index (χ3v) is 2.79. The summed E-state index contributed by atoms with van der Waals surface area (Å²) in [6.45, 7) is 6.99. The lowest BCUT2D eigenvalue weighted by atomic mass is 9.84. The van der Waals surface area contributed by atoms with Crippen LogP contribution in [0.4, 0.5) is 0 Å². The molecule has 1 aliphatic heterocycles. The second-order valence-electron chi connectivity index (χ2n) is 5.09. The van der Waals surface area contributed by atoms with Gasteiger partial charge in [0.15, 0.2) is 0 Å². The van der Waals surface area contributed by atoms with Gasteiger partial charge in [-0.3, -0.25) is 9.78 Å². The molecule has 3 nitrogen and oxygen atoms in total. The van der Waals surface area contributed by atoms with Crippen molar-refractivity contribution in [3.63, 3.8) is 0 Å². The number of carbonyl (C=O) groups is 1. The molecule has 0 saturated heterocycles. The topological polar surface area (TPSA) is 33.2 Å². The van der Waals surface area contributed by atoms with E-state index in [-0.39, 0.29) is 11.3 Å². The third-order valence-electron chi connectivity index (χ3n) is 2.79. The fraction of sp³-hybridized carbons (Fsp3) is 0.500. The van der Waals surface area contributed by atoms with E-state index in [1.54, 1.807) is 11.1 Å². The Bertz CT molecular complexity index is 418. The molecule has 2 rings (SSSR count). The van der Waals surface area contributed by atoms with E-state index in [2.05, 4.69) is 25.8 Å². The lowest BCUT2D eigenvalue weighted by molar-refractivity contribution is 0.0814. The van der Waals surface area contributed by atoms with Gasteiger partial charge in [-0.1, -0.05) is 20.8 Å². The first-order chi connectivity index (χ1) is 6.91. The highest BCUT2D eigenvalue weighted by atomic mass is 16.2. The fourth-order valence-corrected chi connectivity index (χ4v) is 1.98. The highest BCUT2D eigenvalue weighted by Gasteiger charge is 2.31. The molecule has 0 atom stereocenters. The van der Waals surface area contributed by atoms with Gasteiger partial charge in [0.2, 0.25) is 0 Å². The minimum Gasteiger partial charge on any atom is -0.336 e. The average molecular weight is 204 g/mol. The molecular weight excluding hydrogens is 188 g/mol. The predicted molar refractivity (Wildman–Crippen MR) is 58.7 cm³/mol. The SMILES string of the molecule is CN1Cc2nccc(C(C)(C)C)c2C1=O. The zero-order chi connectivity index (χ0) is 11.2. The lowest BCUT2D eigenvalue weighted by Gasteiger charge is -2.21. The number of pyridine rings is 1. The molecule has 0 spiro atoms. The number of rotatable bonds is 0. The number of fused-ring (bicyclic) bond motifs is 1. The maximum Gasteiger partial charge on any atom is 0.256 e. The maximum atomic E-state index is 11.9. The third kappa shape index (κ3) is 1.52. The van der Waals surface area contributed by atoms with Crippen LogP contribution in [0.2, 0.25) is 0 Å². The van der Waals surface area contributed by atoms with Crippen molar-refractivity contribution in [3.8, 4) is 0 Å². The summed E-state index contributed by atoms with van der Waals surface area (Å²) in [7, 11) is 1.82. The summed E-state index contributed by atoms with van der Waals surface area (Å²) < 4.78 is 0. The van der Waals surface area contributed by atoms with Crippen LogP contribution in [0.5, 0.6) is 0 Å². The number of nitrogens with zero attached hydrogens (tertiary/aromatic N) is 2. The van der Waals surface area contributed by atoms with Crippen molar-refractivity contribution in [3.05, 3.63) is 29.1 Å². The van der Waals surface area contributed by atoms with Gasteiger partial charge in [-0.25, -0.2) is 0 Å². The van der Waals surface area contributed by atoms with Crippen molar-refractivity contribution in [1.29, 1.82) is 0 Å². The van der Waals surface area contributed by atoms with Crippen LogP contribution in [-0.2, 0) is 12.0 Å². The fourth-order valence-electron chi connectivity index (χ4n) is 1.98. The molecule has 0 unspecified atom stereocenters. The number of carbonyl (C=O) groups excluding carboxylic acids is 1. The van der Waals surface area contributed by atoms with E-state index in [0.29, 0.717) is 6.54 Å². The summed E-state index contributed by atoms with van der Waals surface area (Å²) in [4.78, 5) is 17.9. The van der Waals surface area contributed by atoms with Gasteiger partial charge in [0.05, 0.1) is 17.8 Å². The second-order valence-corrected chi connectivity index (χ2v) is 5.09. The van der Waals surface area contributed by atoms with Crippen LogP contribution in [0.1, 0.15) is 42.4 Å². The van der Waals surface area contributed by atoms with Crippen molar-refractivity contribution in [2.24, 2.45) is 0 Å². The summed E-state index contributed by atoms with van der Waals surface area (Å²) >= 11 is 0. The smallest absolute Gasteiger partial charge is 0.256 e. The Morgan fingerprint density at radius 2 is 2.07 bits per heavy atom. The summed E-state index contributed by atoms with van der Waals surface area (Å²) in [6.07, 6.45) is 1.80. The molecular formula is C12H16N2O. The van der Waals surface area contributed by atoms with Crippen molar-refractivity contribution in [2.75, 3.05) is 7.05 Å². The van der Waals surface area contributed by atoms with Gasteiger partial charge in [-0.05, 0) is 17.0 Å².